The summed E-state index contributed by atoms with van der Waals surface area (Å²) >= 11 is 12.4. The molecule has 2 aromatic carbocycles. The van der Waals surface area contributed by atoms with Gasteiger partial charge in [0.2, 0.25) is 5.91 Å². The normalized spacial score (nSPS) is 14.6. The third-order valence-electron chi connectivity index (χ3n) is 5.04. The summed E-state index contributed by atoms with van der Waals surface area (Å²) in [7, 11) is -1.78. The van der Waals surface area contributed by atoms with Crippen LogP contribution in [-0.4, -0.2) is 28.7 Å². The number of hydrogen-bond acceptors (Lipinski definition) is 4. The molecule has 1 aliphatic heterocycles. The lowest BCUT2D eigenvalue weighted by Gasteiger charge is -2.19. The molecule has 9 heteroatoms. The van der Waals surface area contributed by atoms with Gasteiger partial charge in [-0.25, -0.2) is 4.21 Å². The summed E-state index contributed by atoms with van der Waals surface area (Å²) in [5, 5.41) is 3.17. The van der Waals surface area contributed by atoms with E-state index in [9.17, 15) is 13.8 Å². The van der Waals surface area contributed by atoms with Gasteiger partial charge >= 0.3 is 0 Å². The zero-order valence-electron chi connectivity index (χ0n) is 18.7. The number of fused-ring (bicyclic) bond motifs is 1. The summed E-state index contributed by atoms with van der Waals surface area (Å²) in [6, 6.07) is 8.66. The van der Waals surface area contributed by atoms with Crippen LogP contribution in [0.3, 0.4) is 0 Å². The molecule has 0 radical (unpaired) electrons. The first-order valence-corrected chi connectivity index (χ1v) is 12.5. The van der Waals surface area contributed by atoms with E-state index in [2.05, 4.69) is 9.71 Å². The van der Waals surface area contributed by atoms with Crippen molar-refractivity contribution in [1.29, 1.82) is 0 Å². The Kier molecular flexibility index (Phi) is 8.32. The second-order valence-corrected chi connectivity index (χ2v) is 10.6. The van der Waals surface area contributed by atoms with Crippen molar-refractivity contribution in [1.82, 2.24) is 0 Å². The molecule has 1 amide bonds. The number of rotatable bonds is 8. The first-order valence-electron chi connectivity index (χ1n) is 10.6. The summed E-state index contributed by atoms with van der Waals surface area (Å²) < 4.78 is 22.6. The van der Waals surface area contributed by atoms with E-state index < -0.39 is 16.4 Å². The van der Waals surface area contributed by atoms with Crippen molar-refractivity contribution >= 4 is 57.8 Å². The number of carbonyl (C=O) groups excluding carboxylic acids is 2. The summed E-state index contributed by atoms with van der Waals surface area (Å²) in [5.41, 5.74) is 1.33. The lowest BCUT2D eigenvalue weighted by Crippen LogP contribution is -2.22. The molecule has 1 aliphatic rings. The minimum absolute atomic E-state index is 0.0311. The zero-order chi connectivity index (χ0) is 24.2. The molecular weight excluding hydrogens is 483 g/mol. The molecule has 0 aromatic heterocycles. The third kappa shape index (κ3) is 6.43. The van der Waals surface area contributed by atoms with Crippen molar-refractivity contribution in [3.8, 4) is 5.75 Å². The van der Waals surface area contributed by atoms with Gasteiger partial charge in [-0.2, -0.15) is 4.40 Å². The van der Waals surface area contributed by atoms with Gasteiger partial charge in [-0.15, -0.1) is 0 Å². The van der Waals surface area contributed by atoms with E-state index in [1.807, 2.05) is 18.2 Å². The quantitative estimate of drug-likeness (QED) is 0.266. The summed E-state index contributed by atoms with van der Waals surface area (Å²) in [5.74, 6) is 0.529. The van der Waals surface area contributed by atoms with Crippen LogP contribution < -0.4 is 10.1 Å². The van der Waals surface area contributed by atoms with Gasteiger partial charge in [0.1, 0.15) is 5.75 Å². The number of ether oxygens (including phenoxy) is 1. The highest BCUT2D eigenvalue weighted by Gasteiger charge is 2.30. The molecule has 0 saturated carbocycles. The molecule has 1 heterocycles. The van der Waals surface area contributed by atoms with Crippen molar-refractivity contribution in [2.24, 2.45) is 9.81 Å². The Labute approximate surface area is 206 Å². The lowest BCUT2D eigenvalue weighted by atomic mass is 9.86. The molecule has 176 valence electrons. The first-order chi connectivity index (χ1) is 15.6. The Morgan fingerprint density at radius 1 is 1.21 bits per heavy atom. The molecule has 2 aromatic rings. The number of benzene rings is 2. The van der Waals surface area contributed by atoms with Crippen molar-refractivity contribution in [3.05, 3.63) is 51.5 Å². The number of nitrogens with zero attached hydrogens (tertiary/aromatic N) is 1. The molecule has 0 bridgehead atoms. The number of hydrogen-bond donors (Lipinski definition) is 1. The highest BCUT2D eigenvalue weighted by molar-refractivity contribution is 7.84. The van der Waals surface area contributed by atoms with Crippen LogP contribution in [0, 0.1) is 5.41 Å². The molecule has 3 rings (SSSR count). The minimum atomic E-state index is -1.78. The monoisotopic (exact) mass is 508 g/mol. The number of unbranched alkanes of at least 4 members (excludes halogenated alkanes) is 1. The topological polar surface area (TPSA) is 84.8 Å². The Morgan fingerprint density at radius 2 is 1.97 bits per heavy atom. The molecular formula is C24H26Cl2N2O4S. The van der Waals surface area contributed by atoms with E-state index in [0.717, 1.165) is 17.0 Å². The van der Waals surface area contributed by atoms with Crippen molar-refractivity contribution in [2.75, 3.05) is 11.9 Å². The lowest BCUT2D eigenvalue weighted by molar-refractivity contribution is -0.116. The predicted molar refractivity (Wildman–Crippen MR) is 133 cm³/mol. The SMILES string of the molecule is CC(C)(C)C(=O)c1c(S(=O)/N=C/CCCOc2ccc3c(c2)CCC(=O)N3)ccc(Cl)c1Cl. The van der Waals surface area contributed by atoms with Crippen molar-refractivity contribution in [2.45, 2.75) is 51.3 Å². The first kappa shape index (κ1) is 25.4. The number of anilines is 1. The fourth-order valence-corrected chi connectivity index (χ4v) is 4.63. The number of carbonyl (C=O) groups is 2. The molecule has 33 heavy (non-hydrogen) atoms. The van der Waals surface area contributed by atoms with Crippen LogP contribution in [0.15, 0.2) is 39.6 Å². The highest BCUT2D eigenvalue weighted by atomic mass is 35.5. The molecule has 1 unspecified atom stereocenters. The smallest absolute Gasteiger partial charge is 0.224 e. The number of halogens is 2. The standard InChI is InChI=1S/C24H26Cl2N2O4S/c1-24(2,3)23(30)21-19(10-8-17(25)22(21)26)33(31)27-12-4-5-13-32-16-7-9-18-15(14-16)6-11-20(29)28-18/h7-10,12,14H,4-6,11,13H2,1-3H3,(H,28,29)/b27-12+. The van der Waals surface area contributed by atoms with Crippen LogP contribution in [0.1, 0.15) is 56.0 Å². The Morgan fingerprint density at radius 3 is 2.70 bits per heavy atom. The second kappa shape index (κ2) is 10.8. The van der Waals surface area contributed by atoms with Gasteiger partial charge in [-0.05, 0) is 55.2 Å². The summed E-state index contributed by atoms with van der Waals surface area (Å²) in [4.78, 5) is 24.5. The van der Waals surface area contributed by atoms with E-state index in [1.165, 1.54) is 12.1 Å². The zero-order valence-corrected chi connectivity index (χ0v) is 21.1. The van der Waals surface area contributed by atoms with Gasteiger partial charge in [0, 0.05) is 23.7 Å². The van der Waals surface area contributed by atoms with Gasteiger partial charge in [-0.3, -0.25) is 9.59 Å². The van der Waals surface area contributed by atoms with Crippen LogP contribution >= 0.6 is 23.2 Å². The van der Waals surface area contributed by atoms with E-state index >= 15 is 0 Å². The van der Waals surface area contributed by atoms with E-state index in [1.54, 1.807) is 27.0 Å². The average Bonchev–Trinajstić information content (AvgIpc) is 2.76. The number of nitrogens with one attached hydrogen (secondary N) is 1. The number of amides is 1. The van der Waals surface area contributed by atoms with E-state index in [-0.39, 0.29) is 32.2 Å². The van der Waals surface area contributed by atoms with Gasteiger partial charge in [0.15, 0.2) is 16.8 Å². The molecule has 0 aliphatic carbocycles. The second-order valence-electron chi connectivity index (χ2n) is 8.71. The van der Waals surface area contributed by atoms with Crippen LogP contribution in [0.5, 0.6) is 5.75 Å². The van der Waals surface area contributed by atoms with Gasteiger partial charge in [0.25, 0.3) is 0 Å². The Hall–Kier alpha value is -2.22. The maximum atomic E-state index is 12.9. The van der Waals surface area contributed by atoms with E-state index in [0.29, 0.717) is 32.3 Å². The summed E-state index contributed by atoms with van der Waals surface area (Å²) in [6.45, 7) is 5.76. The number of Topliss-reactive ketones (excluding diaryl/α,β-unsaturated/α-hetero) is 1. The maximum Gasteiger partial charge on any atom is 0.224 e. The molecule has 6 nitrogen and oxygen atoms in total. The molecule has 1 N–H and O–H groups in total. The van der Waals surface area contributed by atoms with Crippen molar-refractivity contribution < 1.29 is 18.5 Å². The van der Waals surface area contributed by atoms with Crippen LogP contribution in [0.25, 0.3) is 0 Å². The number of aryl methyl sites for hydroxylation is 1. The fourth-order valence-electron chi connectivity index (χ4n) is 3.26. The van der Waals surface area contributed by atoms with Crippen LogP contribution in [0.2, 0.25) is 10.0 Å². The Balaban J connectivity index is 1.56. The maximum absolute atomic E-state index is 12.9. The van der Waals surface area contributed by atoms with Gasteiger partial charge in [-0.1, -0.05) is 44.0 Å². The molecule has 0 fully saturated rings. The predicted octanol–water partition coefficient (Wildman–Crippen LogP) is 6.06. The van der Waals surface area contributed by atoms with Gasteiger partial charge in [0.05, 0.1) is 27.1 Å². The molecule has 1 atom stereocenters. The average molecular weight is 509 g/mol. The summed E-state index contributed by atoms with van der Waals surface area (Å²) in [6.07, 6.45) is 3.97. The molecule has 0 saturated heterocycles. The van der Waals surface area contributed by atoms with Crippen LogP contribution in [-0.2, 0) is 22.2 Å². The highest BCUT2D eigenvalue weighted by Crippen LogP contribution is 2.35. The van der Waals surface area contributed by atoms with Crippen LogP contribution in [0.4, 0.5) is 5.69 Å². The molecule has 0 spiro atoms. The number of ketones is 1. The largest absolute Gasteiger partial charge is 0.494 e. The fraction of sp³-hybridized carbons (Fsp3) is 0.375. The van der Waals surface area contributed by atoms with Gasteiger partial charge < -0.3 is 10.1 Å². The van der Waals surface area contributed by atoms with E-state index in [4.69, 9.17) is 27.9 Å². The third-order valence-corrected chi connectivity index (χ3v) is 6.90. The Bertz CT molecular complexity index is 1130. The minimum Gasteiger partial charge on any atom is -0.494 e. The van der Waals surface area contributed by atoms with Crippen molar-refractivity contribution in [3.63, 3.8) is 0 Å².